The molecule has 2 aliphatic rings. The molecule has 2 saturated heterocycles. The minimum Gasteiger partial charge on any atom is -0.394 e. The van der Waals surface area contributed by atoms with Gasteiger partial charge in [0.2, 0.25) is 0 Å². The van der Waals surface area contributed by atoms with Gasteiger partial charge in [-0.1, -0.05) is 0 Å². The zero-order valence-electron chi connectivity index (χ0n) is 11.0. The van der Waals surface area contributed by atoms with Crippen LogP contribution >= 0.6 is 11.6 Å². The van der Waals surface area contributed by atoms with Crippen LogP contribution in [0.25, 0.3) is 0 Å². The van der Waals surface area contributed by atoms with E-state index in [9.17, 15) is 14.0 Å². The molecule has 2 N–H and O–H groups in total. The number of imide groups is 1. The summed E-state index contributed by atoms with van der Waals surface area (Å²) in [5.41, 5.74) is 0. The van der Waals surface area contributed by atoms with E-state index in [0.29, 0.717) is 0 Å². The van der Waals surface area contributed by atoms with Crippen LogP contribution in [0.4, 0.5) is 9.18 Å². The van der Waals surface area contributed by atoms with Gasteiger partial charge >= 0.3 is 6.03 Å². The fourth-order valence-corrected chi connectivity index (χ4v) is 2.65. The predicted molar refractivity (Wildman–Crippen MR) is 65.7 cm³/mol. The number of amides is 3. The van der Waals surface area contributed by atoms with Crippen LogP contribution in [0.3, 0.4) is 0 Å². The van der Waals surface area contributed by atoms with Crippen LogP contribution in [0.1, 0.15) is 13.3 Å². The third kappa shape index (κ3) is 2.37. The standard InChI is InChI=1S/C11H16ClFN2O5/c1-11(12)8(17)14-10(18)15(9(11)19-2)7-3-5(13)6(4-16)20-7/h5-7,9,16H,3-4H2,1-2H3,(H,14,17,18)/t5?,6?,7?,9-,11+/m1/s1. The van der Waals surface area contributed by atoms with Crippen LogP contribution in [-0.4, -0.2) is 65.3 Å². The molecule has 0 aromatic heterocycles. The number of nitrogens with zero attached hydrogens (tertiary/aromatic N) is 1. The number of aliphatic hydroxyl groups excluding tert-OH is 1. The number of halogens is 2. The molecule has 5 atom stereocenters. The SMILES string of the molecule is CO[C@H]1N(C2CC(F)C(CO)O2)C(=O)NC(=O)[C@]1(C)Cl. The predicted octanol–water partition coefficient (Wildman–Crippen LogP) is -0.0464. The summed E-state index contributed by atoms with van der Waals surface area (Å²) in [6.45, 7) is 0.894. The lowest BCUT2D eigenvalue weighted by atomic mass is 10.0. The summed E-state index contributed by atoms with van der Waals surface area (Å²) >= 11 is 6.10. The number of nitrogens with one attached hydrogen (secondary N) is 1. The molecule has 0 radical (unpaired) electrons. The van der Waals surface area contributed by atoms with Gasteiger partial charge in [0.25, 0.3) is 5.91 Å². The van der Waals surface area contributed by atoms with Crippen LogP contribution in [0.15, 0.2) is 0 Å². The number of carbonyl (C=O) groups is 2. The van der Waals surface area contributed by atoms with Crippen molar-refractivity contribution in [1.29, 1.82) is 0 Å². The van der Waals surface area contributed by atoms with E-state index >= 15 is 0 Å². The third-order valence-corrected chi connectivity index (χ3v) is 3.85. The molecule has 0 aromatic carbocycles. The van der Waals surface area contributed by atoms with Crippen LogP contribution in [0, 0.1) is 0 Å². The Hall–Kier alpha value is -0.960. The highest BCUT2D eigenvalue weighted by Gasteiger charge is 2.54. The van der Waals surface area contributed by atoms with Crippen molar-refractivity contribution in [3.8, 4) is 0 Å². The first-order chi connectivity index (χ1) is 9.32. The van der Waals surface area contributed by atoms with Crippen molar-refractivity contribution < 1.29 is 28.6 Å². The number of methoxy groups -OCH3 is 1. The van der Waals surface area contributed by atoms with Crippen molar-refractivity contribution in [3.63, 3.8) is 0 Å². The Labute approximate surface area is 119 Å². The van der Waals surface area contributed by atoms with Gasteiger partial charge < -0.3 is 14.6 Å². The molecule has 2 rings (SSSR count). The zero-order valence-corrected chi connectivity index (χ0v) is 11.8. The maximum absolute atomic E-state index is 13.6. The van der Waals surface area contributed by atoms with E-state index in [0.717, 1.165) is 4.90 Å². The second-order valence-corrected chi connectivity index (χ2v) is 5.68. The third-order valence-electron chi connectivity index (χ3n) is 3.49. The number of alkyl halides is 2. The first kappa shape index (κ1) is 15.4. The number of aliphatic hydroxyl groups is 1. The molecule has 3 unspecified atom stereocenters. The Bertz CT molecular complexity index is 422. The highest BCUT2D eigenvalue weighted by atomic mass is 35.5. The maximum atomic E-state index is 13.6. The first-order valence-electron chi connectivity index (χ1n) is 6.08. The summed E-state index contributed by atoms with van der Waals surface area (Å²) in [6, 6.07) is -0.768. The molecule has 7 nitrogen and oxygen atoms in total. The van der Waals surface area contributed by atoms with Crippen molar-refractivity contribution in [2.45, 2.75) is 43.0 Å². The van der Waals surface area contributed by atoms with E-state index in [2.05, 4.69) is 5.32 Å². The smallest absolute Gasteiger partial charge is 0.328 e. The van der Waals surface area contributed by atoms with Gasteiger partial charge in [-0.3, -0.25) is 15.0 Å². The quantitative estimate of drug-likeness (QED) is 0.714. The van der Waals surface area contributed by atoms with E-state index in [1.165, 1.54) is 14.0 Å². The Morgan fingerprint density at radius 3 is 2.80 bits per heavy atom. The molecule has 0 aromatic rings. The van der Waals surface area contributed by atoms with Gasteiger partial charge in [-0.15, -0.1) is 11.6 Å². The summed E-state index contributed by atoms with van der Waals surface area (Å²) in [4.78, 5) is 23.2. The highest BCUT2D eigenvalue weighted by molar-refractivity contribution is 6.36. The van der Waals surface area contributed by atoms with Crippen molar-refractivity contribution in [2.75, 3.05) is 13.7 Å². The number of hydrogen-bond acceptors (Lipinski definition) is 5. The fourth-order valence-electron chi connectivity index (χ4n) is 2.40. The average Bonchev–Trinajstić information content (AvgIpc) is 2.74. The van der Waals surface area contributed by atoms with E-state index in [4.69, 9.17) is 26.2 Å². The molecule has 2 heterocycles. The average molecular weight is 311 g/mol. The van der Waals surface area contributed by atoms with Crippen molar-refractivity contribution >= 4 is 23.5 Å². The first-order valence-corrected chi connectivity index (χ1v) is 6.46. The molecule has 20 heavy (non-hydrogen) atoms. The molecule has 3 amide bonds. The van der Waals surface area contributed by atoms with Crippen LogP contribution < -0.4 is 5.32 Å². The minimum absolute atomic E-state index is 0.125. The summed E-state index contributed by atoms with van der Waals surface area (Å²) in [5, 5.41) is 11.1. The monoisotopic (exact) mass is 310 g/mol. The Balaban J connectivity index is 2.25. The minimum atomic E-state index is -1.52. The summed E-state index contributed by atoms with van der Waals surface area (Å²) < 4.78 is 24.0. The molecular weight excluding hydrogens is 295 g/mol. The van der Waals surface area contributed by atoms with Gasteiger partial charge in [0, 0.05) is 13.5 Å². The van der Waals surface area contributed by atoms with Crippen molar-refractivity contribution in [3.05, 3.63) is 0 Å². The van der Waals surface area contributed by atoms with Gasteiger partial charge in [-0.2, -0.15) is 0 Å². The highest BCUT2D eigenvalue weighted by Crippen LogP contribution is 2.34. The summed E-state index contributed by atoms with van der Waals surface area (Å²) in [5.74, 6) is -0.694. The number of hydrogen-bond donors (Lipinski definition) is 2. The van der Waals surface area contributed by atoms with E-state index < -0.39 is 48.2 Å². The molecule has 0 saturated carbocycles. The summed E-state index contributed by atoms with van der Waals surface area (Å²) in [6.07, 6.45) is -4.60. The number of ether oxygens (including phenoxy) is 2. The molecule has 2 fully saturated rings. The molecule has 2 aliphatic heterocycles. The molecule has 114 valence electrons. The Morgan fingerprint density at radius 2 is 2.30 bits per heavy atom. The normalized spacial score (nSPS) is 42.0. The molecule has 9 heteroatoms. The second-order valence-electron chi connectivity index (χ2n) is 4.89. The second kappa shape index (κ2) is 5.44. The van der Waals surface area contributed by atoms with Gasteiger partial charge in [0.05, 0.1) is 6.61 Å². The number of rotatable bonds is 3. The topological polar surface area (TPSA) is 88.1 Å². The lowest BCUT2D eigenvalue weighted by molar-refractivity contribution is -0.155. The summed E-state index contributed by atoms with van der Waals surface area (Å²) in [7, 11) is 1.29. The Morgan fingerprint density at radius 1 is 1.65 bits per heavy atom. The molecule has 0 aliphatic carbocycles. The van der Waals surface area contributed by atoms with Crippen LogP contribution in [-0.2, 0) is 14.3 Å². The van der Waals surface area contributed by atoms with Crippen LogP contribution in [0.5, 0.6) is 0 Å². The number of carbonyl (C=O) groups excluding carboxylic acids is 2. The molecular formula is C11H16ClFN2O5. The van der Waals surface area contributed by atoms with E-state index in [-0.39, 0.29) is 6.42 Å². The Kier molecular flexibility index (Phi) is 4.19. The van der Waals surface area contributed by atoms with Gasteiger partial charge in [-0.25, -0.2) is 9.18 Å². The fraction of sp³-hybridized carbons (Fsp3) is 0.818. The van der Waals surface area contributed by atoms with E-state index in [1.807, 2.05) is 0 Å². The van der Waals surface area contributed by atoms with Crippen molar-refractivity contribution in [2.24, 2.45) is 0 Å². The molecule has 0 bridgehead atoms. The van der Waals surface area contributed by atoms with Gasteiger partial charge in [-0.05, 0) is 6.92 Å². The van der Waals surface area contributed by atoms with Gasteiger partial charge in [0.15, 0.2) is 11.1 Å². The van der Waals surface area contributed by atoms with E-state index in [1.54, 1.807) is 0 Å². The molecule has 0 spiro atoms. The lowest BCUT2D eigenvalue weighted by Crippen LogP contribution is -2.69. The van der Waals surface area contributed by atoms with Crippen molar-refractivity contribution in [1.82, 2.24) is 10.2 Å². The zero-order chi connectivity index (χ0) is 15.1. The lowest BCUT2D eigenvalue weighted by Gasteiger charge is -2.44. The largest absolute Gasteiger partial charge is 0.394 e. The van der Waals surface area contributed by atoms with Crippen LogP contribution in [0.2, 0.25) is 0 Å². The maximum Gasteiger partial charge on any atom is 0.328 e. The van der Waals surface area contributed by atoms with Gasteiger partial charge in [0.1, 0.15) is 18.5 Å². The number of urea groups is 1.